The van der Waals surface area contributed by atoms with Gasteiger partial charge in [0.15, 0.2) is 0 Å². The number of nitrogens with one attached hydrogen (secondary N) is 1. The second-order valence-corrected chi connectivity index (χ2v) is 3.44. The van der Waals surface area contributed by atoms with Gasteiger partial charge in [-0.05, 0) is 6.42 Å². The summed E-state index contributed by atoms with van der Waals surface area (Å²) < 4.78 is 6.51. The fourth-order valence-corrected chi connectivity index (χ4v) is 1.34. The molecule has 2 rings (SSSR count). The van der Waals surface area contributed by atoms with Crippen LogP contribution in [0.4, 0.5) is 0 Å². The normalized spacial score (nSPS) is 18.6. The first-order valence-electron chi connectivity index (χ1n) is 4.51. The summed E-state index contributed by atoms with van der Waals surface area (Å²) in [7, 11) is 0. The Kier molecular flexibility index (Phi) is 2.20. The summed E-state index contributed by atoms with van der Waals surface area (Å²) in [4.78, 5) is 11.8. The maximum absolute atomic E-state index is 11.8. The molecule has 0 bridgehead atoms. The van der Waals surface area contributed by atoms with Crippen LogP contribution in [0.25, 0.3) is 0 Å². The van der Waals surface area contributed by atoms with Gasteiger partial charge in [0.2, 0.25) is 5.91 Å². The molecule has 1 aliphatic rings. The SMILES string of the molecule is CCC1(C(=O)Nn2cnnc2)COC1. The van der Waals surface area contributed by atoms with Crippen molar-refractivity contribution in [3.63, 3.8) is 0 Å². The smallest absolute Gasteiger partial charge is 0.249 e. The average Bonchev–Trinajstić information content (AvgIpc) is 2.55. The summed E-state index contributed by atoms with van der Waals surface area (Å²) in [6.45, 7) is 2.98. The van der Waals surface area contributed by atoms with E-state index in [0.29, 0.717) is 13.2 Å². The number of nitrogens with zero attached hydrogens (tertiary/aromatic N) is 3. The summed E-state index contributed by atoms with van der Waals surface area (Å²) >= 11 is 0. The van der Waals surface area contributed by atoms with Gasteiger partial charge in [0.05, 0.1) is 18.6 Å². The Morgan fingerprint density at radius 2 is 2.21 bits per heavy atom. The van der Waals surface area contributed by atoms with Crippen molar-refractivity contribution in [3.05, 3.63) is 12.7 Å². The molecule has 0 unspecified atom stereocenters. The van der Waals surface area contributed by atoms with E-state index >= 15 is 0 Å². The highest BCUT2D eigenvalue weighted by Crippen LogP contribution is 2.31. The van der Waals surface area contributed by atoms with E-state index in [-0.39, 0.29) is 11.3 Å². The second kappa shape index (κ2) is 3.38. The Bertz CT molecular complexity index is 313. The van der Waals surface area contributed by atoms with Crippen LogP contribution in [0.1, 0.15) is 13.3 Å². The number of rotatable bonds is 3. The van der Waals surface area contributed by atoms with Crippen molar-refractivity contribution in [3.8, 4) is 0 Å². The highest BCUT2D eigenvalue weighted by Gasteiger charge is 2.44. The van der Waals surface area contributed by atoms with Gasteiger partial charge in [-0.25, -0.2) is 4.68 Å². The maximum Gasteiger partial charge on any atom is 0.249 e. The van der Waals surface area contributed by atoms with Crippen LogP contribution in [0.2, 0.25) is 0 Å². The lowest BCUT2D eigenvalue weighted by atomic mass is 9.82. The largest absolute Gasteiger partial charge is 0.379 e. The van der Waals surface area contributed by atoms with E-state index in [0.717, 1.165) is 6.42 Å². The predicted octanol–water partition coefficient (Wildman–Crippen LogP) is -0.225. The number of hydrogen-bond donors (Lipinski definition) is 1. The first-order chi connectivity index (χ1) is 6.77. The van der Waals surface area contributed by atoms with E-state index in [1.807, 2.05) is 6.92 Å². The first-order valence-corrected chi connectivity index (χ1v) is 4.51. The van der Waals surface area contributed by atoms with Crippen molar-refractivity contribution in [2.24, 2.45) is 5.41 Å². The van der Waals surface area contributed by atoms with Crippen molar-refractivity contribution in [2.75, 3.05) is 18.6 Å². The molecule has 0 radical (unpaired) electrons. The maximum atomic E-state index is 11.8. The molecule has 1 aromatic rings. The third kappa shape index (κ3) is 1.37. The van der Waals surface area contributed by atoms with Gasteiger partial charge in [-0.15, -0.1) is 10.2 Å². The number of amides is 1. The van der Waals surface area contributed by atoms with Crippen LogP contribution in [-0.2, 0) is 9.53 Å². The van der Waals surface area contributed by atoms with E-state index in [4.69, 9.17) is 4.74 Å². The molecule has 0 aliphatic carbocycles. The quantitative estimate of drug-likeness (QED) is 0.725. The van der Waals surface area contributed by atoms with Crippen molar-refractivity contribution in [1.82, 2.24) is 14.9 Å². The molecule has 1 saturated heterocycles. The van der Waals surface area contributed by atoms with Crippen molar-refractivity contribution in [1.29, 1.82) is 0 Å². The van der Waals surface area contributed by atoms with Gasteiger partial charge in [0.1, 0.15) is 12.7 Å². The summed E-state index contributed by atoms with van der Waals surface area (Å²) in [5.41, 5.74) is 2.33. The molecule has 0 atom stereocenters. The van der Waals surface area contributed by atoms with Crippen LogP contribution in [0.3, 0.4) is 0 Å². The molecule has 1 amide bonds. The van der Waals surface area contributed by atoms with Gasteiger partial charge in [0, 0.05) is 0 Å². The monoisotopic (exact) mass is 196 g/mol. The van der Waals surface area contributed by atoms with Crippen LogP contribution < -0.4 is 5.43 Å². The molecule has 6 nitrogen and oxygen atoms in total. The third-order valence-corrected chi connectivity index (χ3v) is 2.56. The summed E-state index contributed by atoms with van der Waals surface area (Å²) in [6, 6.07) is 0. The zero-order chi connectivity index (χ0) is 10.0. The molecule has 14 heavy (non-hydrogen) atoms. The Hall–Kier alpha value is -1.43. The average molecular weight is 196 g/mol. The number of carbonyl (C=O) groups is 1. The molecular formula is C8H12N4O2. The van der Waals surface area contributed by atoms with Gasteiger partial charge in [-0.2, -0.15) is 0 Å². The number of ether oxygens (including phenoxy) is 1. The zero-order valence-corrected chi connectivity index (χ0v) is 7.93. The molecule has 1 aliphatic heterocycles. The van der Waals surface area contributed by atoms with Gasteiger partial charge >= 0.3 is 0 Å². The molecule has 6 heteroatoms. The van der Waals surface area contributed by atoms with Crippen LogP contribution in [0.5, 0.6) is 0 Å². The number of hydrogen-bond acceptors (Lipinski definition) is 4. The van der Waals surface area contributed by atoms with Crippen molar-refractivity contribution >= 4 is 5.91 Å². The molecule has 1 fully saturated rings. The lowest BCUT2D eigenvalue weighted by Gasteiger charge is -2.38. The number of carbonyl (C=O) groups excluding carboxylic acids is 1. The van der Waals surface area contributed by atoms with Gasteiger partial charge < -0.3 is 4.74 Å². The van der Waals surface area contributed by atoms with Crippen molar-refractivity contribution in [2.45, 2.75) is 13.3 Å². The fourth-order valence-electron chi connectivity index (χ4n) is 1.34. The van der Waals surface area contributed by atoms with E-state index in [2.05, 4.69) is 15.6 Å². The minimum atomic E-state index is -0.357. The van der Waals surface area contributed by atoms with Gasteiger partial charge in [-0.1, -0.05) is 6.92 Å². The molecule has 76 valence electrons. The molecule has 1 aromatic heterocycles. The minimum absolute atomic E-state index is 0.0361. The Morgan fingerprint density at radius 3 is 2.64 bits per heavy atom. The standard InChI is InChI=1S/C8H12N4O2/c1-2-8(3-14-4-8)7(13)11-12-5-9-10-6-12/h5-6H,2-4H2,1H3,(H,11,13). The molecule has 0 aromatic carbocycles. The summed E-state index contributed by atoms with van der Waals surface area (Å²) in [5.74, 6) is -0.0361. The van der Waals surface area contributed by atoms with Crippen LogP contribution >= 0.6 is 0 Å². The van der Waals surface area contributed by atoms with E-state index in [1.54, 1.807) is 0 Å². The third-order valence-electron chi connectivity index (χ3n) is 2.56. The predicted molar refractivity (Wildman–Crippen MR) is 47.9 cm³/mol. The molecule has 0 spiro atoms. The van der Waals surface area contributed by atoms with Crippen LogP contribution in [-0.4, -0.2) is 34.0 Å². The van der Waals surface area contributed by atoms with E-state index in [1.165, 1.54) is 17.3 Å². The Balaban J connectivity index is 2.01. The summed E-state index contributed by atoms with van der Waals surface area (Å²) in [6.07, 6.45) is 3.67. The topological polar surface area (TPSA) is 69.0 Å². The lowest BCUT2D eigenvalue weighted by molar-refractivity contribution is -0.157. The molecular weight excluding hydrogens is 184 g/mol. The van der Waals surface area contributed by atoms with Crippen molar-refractivity contribution < 1.29 is 9.53 Å². The molecule has 1 N–H and O–H groups in total. The van der Waals surface area contributed by atoms with Gasteiger partial charge in [0.25, 0.3) is 0 Å². The zero-order valence-electron chi connectivity index (χ0n) is 7.93. The molecule has 2 heterocycles. The fraction of sp³-hybridized carbons (Fsp3) is 0.625. The van der Waals surface area contributed by atoms with E-state index in [9.17, 15) is 4.79 Å². The Labute approximate surface area is 81.2 Å². The highest BCUT2D eigenvalue weighted by molar-refractivity contribution is 5.90. The van der Waals surface area contributed by atoms with Crippen LogP contribution in [0.15, 0.2) is 12.7 Å². The lowest BCUT2D eigenvalue weighted by Crippen LogP contribution is -2.52. The van der Waals surface area contributed by atoms with Crippen LogP contribution in [0, 0.1) is 5.41 Å². The Morgan fingerprint density at radius 1 is 1.57 bits per heavy atom. The summed E-state index contributed by atoms with van der Waals surface area (Å²) in [5, 5.41) is 7.19. The van der Waals surface area contributed by atoms with Gasteiger partial charge in [-0.3, -0.25) is 10.2 Å². The highest BCUT2D eigenvalue weighted by atomic mass is 16.5. The minimum Gasteiger partial charge on any atom is -0.379 e. The number of aromatic nitrogens is 3. The second-order valence-electron chi connectivity index (χ2n) is 3.44. The molecule has 0 saturated carbocycles. The first kappa shape index (κ1) is 9.14. The van der Waals surface area contributed by atoms with E-state index < -0.39 is 0 Å².